The summed E-state index contributed by atoms with van der Waals surface area (Å²) in [4.78, 5) is 44.8. The molecule has 1 aromatic carbocycles. The first-order chi connectivity index (χ1) is 14.4. The molecule has 0 aliphatic heterocycles. The van der Waals surface area contributed by atoms with E-state index in [1.54, 1.807) is 0 Å². The molecule has 0 aliphatic rings. The zero-order valence-electron chi connectivity index (χ0n) is 18.4. The molecule has 2 unspecified atom stereocenters. The lowest BCUT2D eigenvalue weighted by Gasteiger charge is -2.28. The van der Waals surface area contributed by atoms with Gasteiger partial charge in [0.15, 0.2) is 0 Å². The van der Waals surface area contributed by atoms with Crippen LogP contribution in [0.2, 0.25) is 0 Å². The van der Waals surface area contributed by atoms with Crippen LogP contribution in [0.5, 0.6) is 0 Å². The van der Waals surface area contributed by atoms with Crippen molar-refractivity contribution in [3.63, 3.8) is 0 Å². The Balaban J connectivity index is 3.03. The number of hydrogen-bond donors (Lipinski definition) is 5. The molecule has 0 fully saturated rings. The number of benzene rings is 1. The van der Waals surface area contributed by atoms with Gasteiger partial charge in [-0.25, -0.2) is 0 Å². The molecule has 5 N–H and O–H groups in total. The molecule has 2 amide bonds. The van der Waals surface area contributed by atoms with Gasteiger partial charge < -0.3 is 20.4 Å². The summed E-state index contributed by atoms with van der Waals surface area (Å²) in [5, 5.41) is 8.02. The average Bonchev–Trinajstić information content (AvgIpc) is 2.68. The van der Waals surface area contributed by atoms with Crippen LogP contribution in [0, 0.1) is 5.92 Å². The van der Waals surface area contributed by atoms with E-state index in [0.29, 0.717) is 6.42 Å². The van der Waals surface area contributed by atoms with Gasteiger partial charge in [-0.1, -0.05) is 44.2 Å². The maximum Gasteiger partial charge on any atom is 0.342 e. The van der Waals surface area contributed by atoms with Crippen molar-refractivity contribution < 1.29 is 28.1 Å². The summed E-state index contributed by atoms with van der Waals surface area (Å²) in [6.07, 6.45) is 1.99. The van der Waals surface area contributed by atoms with E-state index in [1.807, 2.05) is 44.2 Å². The van der Waals surface area contributed by atoms with Crippen molar-refractivity contribution in [1.82, 2.24) is 16.0 Å². The summed E-state index contributed by atoms with van der Waals surface area (Å²) < 4.78 is 23.3. The first kappa shape index (κ1) is 27.5. The standard InChI is InChI=1S/C20H34N3O6PS/c1-14(2)12-16(22-18(30(26,27)28)10-11-31(4)29)20(25)23-17(19(24)21-3)13-15-8-6-5-7-9-15/h5-9,14,16-18,22H,10-13H2,1-4H3,(H,21,24)(H,23,25)(H2,26,27,28)/t16-,17-,18?,31?/m0/s1. The van der Waals surface area contributed by atoms with E-state index in [-0.39, 0.29) is 30.4 Å². The molecule has 1 rings (SSSR count). The monoisotopic (exact) mass is 475 g/mol. The summed E-state index contributed by atoms with van der Waals surface area (Å²) in [5.41, 5.74) is 0.864. The van der Waals surface area contributed by atoms with Gasteiger partial charge in [0.25, 0.3) is 0 Å². The van der Waals surface area contributed by atoms with Crippen LogP contribution < -0.4 is 16.0 Å². The fourth-order valence-corrected chi connectivity index (χ4v) is 4.67. The molecule has 0 aromatic heterocycles. The van der Waals surface area contributed by atoms with E-state index < -0.39 is 42.2 Å². The first-order valence-electron chi connectivity index (χ1n) is 10.1. The highest BCUT2D eigenvalue weighted by Gasteiger charge is 2.34. The van der Waals surface area contributed by atoms with Gasteiger partial charge in [0.1, 0.15) is 11.8 Å². The highest BCUT2D eigenvalue weighted by atomic mass is 32.2. The lowest BCUT2D eigenvalue weighted by Crippen LogP contribution is -2.55. The van der Waals surface area contributed by atoms with E-state index in [0.717, 1.165) is 5.56 Å². The molecule has 0 bridgehead atoms. The van der Waals surface area contributed by atoms with Crippen LogP contribution in [0.3, 0.4) is 0 Å². The Morgan fingerprint density at radius 1 is 1.10 bits per heavy atom. The first-order valence-corrected chi connectivity index (χ1v) is 13.5. The molecule has 4 atom stereocenters. The van der Waals surface area contributed by atoms with Crippen molar-refractivity contribution in [2.45, 2.75) is 51.0 Å². The average molecular weight is 476 g/mol. The van der Waals surface area contributed by atoms with Gasteiger partial charge in [-0.3, -0.25) is 23.7 Å². The number of likely N-dealkylation sites (N-methyl/N-ethyl adjacent to an activating group) is 1. The van der Waals surface area contributed by atoms with Gasteiger partial charge in [0, 0.05) is 36.3 Å². The maximum absolute atomic E-state index is 13.0. The van der Waals surface area contributed by atoms with E-state index in [4.69, 9.17) is 0 Å². The second-order valence-corrected chi connectivity index (χ2v) is 11.2. The van der Waals surface area contributed by atoms with Crippen LogP contribution in [0.25, 0.3) is 0 Å². The molecule has 31 heavy (non-hydrogen) atoms. The molecule has 1 aromatic rings. The zero-order valence-corrected chi connectivity index (χ0v) is 20.1. The third-order valence-corrected chi connectivity index (χ3v) is 6.69. The summed E-state index contributed by atoms with van der Waals surface area (Å²) >= 11 is 0. The predicted molar refractivity (Wildman–Crippen MR) is 122 cm³/mol. The SMILES string of the molecule is CNC(=O)[C@H](Cc1ccccc1)NC(=O)[C@H](CC(C)C)NC(CCS(C)=O)P(=O)(O)O. The highest BCUT2D eigenvalue weighted by molar-refractivity contribution is 7.84. The fourth-order valence-electron chi connectivity index (χ4n) is 3.09. The molecule has 0 saturated carbocycles. The third-order valence-electron chi connectivity index (χ3n) is 4.66. The van der Waals surface area contributed by atoms with Crippen LogP contribution in [0.15, 0.2) is 30.3 Å². The lowest BCUT2D eigenvalue weighted by atomic mass is 10.0. The van der Waals surface area contributed by atoms with E-state index in [1.165, 1.54) is 13.3 Å². The topological polar surface area (TPSA) is 145 Å². The van der Waals surface area contributed by atoms with Crippen molar-refractivity contribution >= 4 is 30.2 Å². The Hall–Kier alpha value is -1.58. The molecule has 176 valence electrons. The zero-order chi connectivity index (χ0) is 23.6. The molecule has 0 saturated heterocycles. The van der Waals surface area contributed by atoms with Crippen molar-refractivity contribution in [2.24, 2.45) is 5.92 Å². The van der Waals surface area contributed by atoms with Gasteiger partial charge in [0.2, 0.25) is 11.8 Å². The number of hydrogen-bond acceptors (Lipinski definition) is 5. The number of amides is 2. The Kier molecular flexibility index (Phi) is 11.6. The number of rotatable bonds is 13. The van der Waals surface area contributed by atoms with Gasteiger partial charge >= 0.3 is 7.60 Å². The Morgan fingerprint density at radius 2 is 1.71 bits per heavy atom. The van der Waals surface area contributed by atoms with E-state index in [9.17, 15) is 28.1 Å². The van der Waals surface area contributed by atoms with Crippen molar-refractivity contribution in [1.29, 1.82) is 0 Å². The quantitative estimate of drug-likeness (QED) is 0.265. The van der Waals surface area contributed by atoms with Gasteiger partial charge in [-0.15, -0.1) is 0 Å². The van der Waals surface area contributed by atoms with Crippen LogP contribution in [-0.2, 0) is 31.4 Å². The summed E-state index contributed by atoms with van der Waals surface area (Å²) in [6, 6.07) is 7.46. The van der Waals surface area contributed by atoms with Crippen LogP contribution in [-0.4, -0.2) is 62.7 Å². The van der Waals surface area contributed by atoms with Gasteiger partial charge in [-0.05, 0) is 24.3 Å². The molecule has 0 radical (unpaired) electrons. The second-order valence-electron chi connectivity index (χ2n) is 7.88. The smallest absolute Gasteiger partial charge is 0.342 e. The van der Waals surface area contributed by atoms with E-state index >= 15 is 0 Å². The summed E-state index contributed by atoms with van der Waals surface area (Å²) in [7, 11) is -4.34. The normalized spacial score (nSPS) is 15.7. The van der Waals surface area contributed by atoms with E-state index in [2.05, 4.69) is 16.0 Å². The third kappa shape index (κ3) is 10.5. The minimum absolute atomic E-state index is 0.0435. The number of carbonyl (C=O) groups excluding carboxylic acids is 2. The molecule has 9 nitrogen and oxygen atoms in total. The number of nitrogens with one attached hydrogen (secondary N) is 3. The molecule has 0 heterocycles. The van der Waals surface area contributed by atoms with Crippen LogP contribution in [0.4, 0.5) is 0 Å². The second kappa shape index (κ2) is 13.1. The highest BCUT2D eigenvalue weighted by Crippen LogP contribution is 2.41. The minimum Gasteiger partial charge on any atom is -0.357 e. The minimum atomic E-state index is -4.59. The van der Waals surface area contributed by atoms with Crippen LogP contribution >= 0.6 is 7.60 Å². The lowest BCUT2D eigenvalue weighted by molar-refractivity contribution is -0.130. The molecular formula is C20H34N3O6PS. The molecular weight excluding hydrogens is 441 g/mol. The Bertz CT molecular complexity index is 786. The number of carbonyl (C=O) groups is 2. The predicted octanol–water partition coefficient (Wildman–Crippen LogP) is 0.737. The van der Waals surface area contributed by atoms with Crippen molar-refractivity contribution in [3.8, 4) is 0 Å². The van der Waals surface area contributed by atoms with Gasteiger partial charge in [0.05, 0.1) is 6.04 Å². The molecule has 11 heteroatoms. The Labute approximate surface area is 186 Å². The van der Waals surface area contributed by atoms with Crippen LogP contribution in [0.1, 0.15) is 32.3 Å². The summed E-state index contributed by atoms with van der Waals surface area (Å²) in [5.74, 6) is -2.05. The fraction of sp³-hybridized carbons (Fsp3) is 0.600. The van der Waals surface area contributed by atoms with Crippen molar-refractivity contribution in [2.75, 3.05) is 19.1 Å². The summed E-state index contributed by atoms with van der Waals surface area (Å²) in [6.45, 7) is 3.77. The van der Waals surface area contributed by atoms with Crippen molar-refractivity contribution in [3.05, 3.63) is 35.9 Å². The maximum atomic E-state index is 13.0. The molecule has 0 spiro atoms. The largest absolute Gasteiger partial charge is 0.357 e. The van der Waals surface area contributed by atoms with Gasteiger partial charge in [-0.2, -0.15) is 0 Å². The molecule has 0 aliphatic carbocycles. The Morgan fingerprint density at radius 3 is 2.19 bits per heavy atom.